The zero-order valence-corrected chi connectivity index (χ0v) is 11.1. The molecule has 0 spiro atoms. The fourth-order valence-electron chi connectivity index (χ4n) is 2.99. The van der Waals surface area contributed by atoms with Gasteiger partial charge in [0.05, 0.1) is 12.3 Å². The minimum absolute atomic E-state index is 0.394. The lowest BCUT2D eigenvalue weighted by Gasteiger charge is -2.31. The molecule has 3 atom stereocenters. The highest BCUT2D eigenvalue weighted by atomic mass is 16.3. The van der Waals surface area contributed by atoms with Crippen molar-refractivity contribution in [2.45, 2.75) is 64.5 Å². The van der Waals surface area contributed by atoms with E-state index in [1.54, 1.807) is 6.26 Å². The van der Waals surface area contributed by atoms with E-state index in [4.69, 9.17) is 4.42 Å². The Morgan fingerprint density at radius 1 is 1.41 bits per heavy atom. The van der Waals surface area contributed by atoms with E-state index in [1.165, 1.54) is 32.1 Å². The molecule has 2 rings (SSSR count). The lowest BCUT2D eigenvalue weighted by atomic mass is 9.84. The van der Waals surface area contributed by atoms with Crippen molar-refractivity contribution in [2.75, 3.05) is 0 Å². The third kappa shape index (κ3) is 3.35. The van der Waals surface area contributed by atoms with Crippen LogP contribution in [0.5, 0.6) is 0 Å². The van der Waals surface area contributed by atoms with Crippen LogP contribution in [-0.4, -0.2) is 6.04 Å². The Labute approximate surface area is 105 Å². The maximum atomic E-state index is 5.52. The lowest BCUT2D eigenvalue weighted by Crippen LogP contribution is -2.36. The van der Waals surface area contributed by atoms with Crippen molar-refractivity contribution >= 4 is 0 Å². The van der Waals surface area contributed by atoms with Crippen molar-refractivity contribution < 1.29 is 4.42 Å². The van der Waals surface area contributed by atoms with E-state index in [1.807, 2.05) is 6.07 Å². The van der Waals surface area contributed by atoms with Crippen molar-refractivity contribution in [3.05, 3.63) is 24.2 Å². The summed E-state index contributed by atoms with van der Waals surface area (Å²) >= 11 is 0. The number of hydrogen-bond acceptors (Lipinski definition) is 2. The van der Waals surface area contributed by atoms with Crippen LogP contribution >= 0.6 is 0 Å². The predicted molar refractivity (Wildman–Crippen MR) is 70.9 cm³/mol. The molecule has 0 bridgehead atoms. The van der Waals surface area contributed by atoms with E-state index >= 15 is 0 Å². The van der Waals surface area contributed by atoms with Gasteiger partial charge in [0, 0.05) is 6.04 Å². The highest BCUT2D eigenvalue weighted by Gasteiger charge is 2.23. The Hall–Kier alpha value is -0.760. The van der Waals surface area contributed by atoms with Crippen LogP contribution < -0.4 is 5.32 Å². The van der Waals surface area contributed by atoms with Gasteiger partial charge in [0.15, 0.2) is 0 Å². The Morgan fingerprint density at radius 3 is 2.94 bits per heavy atom. The van der Waals surface area contributed by atoms with Crippen LogP contribution in [0.3, 0.4) is 0 Å². The predicted octanol–water partition coefficient (Wildman–Crippen LogP) is 4.29. The van der Waals surface area contributed by atoms with Crippen molar-refractivity contribution in [3.8, 4) is 0 Å². The summed E-state index contributed by atoms with van der Waals surface area (Å²) in [6.07, 6.45) is 9.67. The first-order valence-corrected chi connectivity index (χ1v) is 7.12. The SMILES string of the molecule is CCC1CCCC(NC(CC)c2ccco2)C1. The highest BCUT2D eigenvalue weighted by molar-refractivity contribution is 5.04. The number of hydrogen-bond donors (Lipinski definition) is 1. The fourth-order valence-corrected chi connectivity index (χ4v) is 2.99. The first-order chi connectivity index (χ1) is 8.33. The van der Waals surface area contributed by atoms with Crippen LogP contribution in [0, 0.1) is 5.92 Å². The van der Waals surface area contributed by atoms with Gasteiger partial charge >= 0.3 is 0 Å². The van der Waals surface area contributed by atoms with Gasteiger partial charge in [-0.3, -0.25) is 0 Å². The van der Waals surface area contributed by atoms with Gasteiger partial charge in [0.2, 0.25) is 0 Å². The van der Waals surface area contributed by atoms with Gasteiger partial charge in [-0.1, -0.05) is 33.1 Å². The van der Waals surface area contributed by atoms with Crippen LogP contribution in [-0.2, 0) is 0 Å². The molecule has 1 aliphatic carbocycles. The topological polar surface area (TPSA) is 25.2 Å². The smallest absolute Gasteiger partial charge is 0.120 e. The first-order valence-electron chi connectivity index (χ1n) is 7.12. The van der Waals surface area contributed by atoms with E-state index in [2.05, 4.69) is 25.2 Å². The molecular weight excluding hydrogens is 210 g/mol. The summed E-state index contributed by atoms with van der Waals surface area (Å²) in [5.41, 5.74) is 0. The minimum Gasteiger partial charge on any atom is -0.468 e. The Balaban J connectivity index is 1.90. The van der Waals surface area contributed by atoms with Gasteiger partial charge in [-0.05, 0) is 37.3 Å². The summed E-state index contributed by atoms with van der Waals surface area (Å²) < 4.78 is 5.52. The average molecular weight is 235 g/mol. The zero-order valence-electron chi connectivity index (χ0n) is 11.1. The van der Waals surface area contributed by atoms with Crippen molar-refractivity contribution in [3.63, 3.8) is 0 Å². The molecule has 1 aromatic rings. The Kier molecular flexibility index (Phi) is 4.66. The van der Waals surface area contributed by atoms with Gasteiger partial charge in [0.1, 0.15) is 5.76 Å². The lowest BCUT2D eigenvalue weighted by molar-refractivity contribution is 0.250. The third-order valence-corrected chi connectivity index (χ3v) is 4.09. The number of nitrogens with one attached hydrogen (secondary N) is 1. The molecule has 0 aliphatic heterocycles. The Bertz CT molecular complexity index is 307. The standard InChI is InChI=1S/C15H25NO/c1-3-12-7-5-8-13(11-12)16-14(4-2)15-9-6-10-17-15/h6,9-10,12-14,16H,3-5,7-8,11H2,1-2H3. The van der Waals surface area contributed by atoms with Crippen LogP contribution in [0.4, 0.5) is 0 Å². The molecule has 1 N–H and O–H groups in total. The van der Waals surface area contributed by atoms with E-state index in [9.17, 15) is 0 Å². The summed E-state index contributed by atoms with van der Waals surface area (Å²) in [5, 5.41) is 3.78. The van der Waals surface area contributed by atoms with Crippen LogP contribution in [0.15, 0.2) is 22.8 Å². The summed E-state index contributed by atoms with van der Waals surface area (Å²) in [4.78, 5) is 0. The molecule has 0 aromatic carbocycles. The van der Waals surface area contributed by atoms with Crippen molar-refractivity contribution in [1.82, 2.24) is 5.32 Å². The van der Waals surface area contributed by atoms with Gasteiger partial charge in [-0.25, -0.2) is 0 Å². The van der Waals surface area contributed by atoms with Gasteiger partial charge in [-0.15, -0.1) is 0 Å². The molecule has 96 valence electrons. The largest absolute Gasteiger partial charge is 0.468 e. The van der Waals surface area contributed by atoms with Crippen LogP contribution in [0.1, 0.15) is 64.2 Å². The average Bonchev–Trinajstić information content (AvgIpc) is 2.90. The molecule has 1 saturated carbocycles. The molecule has 0 amide bonds. The summed E-state index contributed by atoms with van der Waals surface area (Å²) in [5.74, 6) is 2.02. The molecule has 0 saturated heterocycles. The first kappa shape index (κ1) is 12.7. The monoisotopic (exact) mass is 235 g/mol. The minimum atomic E-state index is 0.394. The number of furan rings is 1. The van der Waals surface area contributed by atoms with Crippen LogP contribution in [0.2, 0.25) is 0 Å². The number of rotatable bonds is 5. The Morgan fingerprint density at radius 2 is 2.29 bits per heavy atom. The zero-order chi connectivity index (χ0) is 12.1. The second kappa shape index (κ2) is 6.25. The summed E-state index contributed by atoms with van der Waals surface area (Å²) in [7, 11) is 0. The summed E-state index contributed by atoms with van der Waals surface area (Å²) in [6, 6.07) is 5.14. The van der Waals surface area contributed by atoms with Crippen molar-refractivity contribution in [1.29, 1.82) is 0 Å². The summed E-state index contributed by atoms with van der Waals surface area (Å²) in [6.45, 7) is 4.54. The molecule has 3 unspecified atom stereocenters. The third-order valence-electron chi connectivity index (χ3n) is 4.09. The molecule has 1 heterocycles. The highest BCUT2D eigenvalue weighted by Crippen LogP contribution is 2.29. The van der Waals surface area contributed by atoms with Crippen molar-refractivity contribution in [2.24, 2.45) is 5.92 Å². The molecule has 2 heteroatoms. The molecule has 0 radical (unpaired) electrons. The molecular formula is C15H25NO. The second-order valence-electron chi connectivity index (χ2n) is 5.28. The fraction of sp³-hybridized carbons (Fsp3) is 0.733. The molecule has 1 aromatic heterocycles. The van der Waals surface area contributed by atoms with Gasteiger partial charge < -0.3 is 9.73 Å². The molecule has 1 fully saturated rings. The van der Waals surface area contributed by atoms with Gasteiger partial charge in [-0.2, -0.15) is 0 Å². The molecule has 17 heavy (non-hydrogen) atoms. The van der Waals surface area contributed by atoms with E-state index in [0.29, 0.717) is 12.1 Å². The van der Waals surface area contributed by atoms with E-state index in [-0.39, 0.29) is 0 Å². The van der Waals surface area contributed by atoms with Gasteiger partial charge in [0.25, 0.3) is 0 Å². The maximum absolute atomic E-state index is 5.52. The maximum Gasteiger partial charge on any atom is 0.120 e. The van der Waals surface area contributed by atoms with Crippen LogP contribution in [0.25, 0.3) is 0 Å². The van der Waals surface area contributed by atoms with E-state index < -0.39 is 0 Å². The normalized spacial score (nSPS) is 26.9. The second-order valence-corrected chi connectivity index (χ2v) is 5.28. The molecule has 1 aliphatic rings. The quantitative estimate of drug-likeness (QED) is 0.823. The van der Waals surface area contributed by atoms with E-state index in [0.717, 1.165) is 18.1 Å². The molecule has 2 nitrogen and oxygen atoms in total.